The lowest BCUT2D eigenvalue weighted by molar-refractivity contribution is 0.647. The highest BCUT2D eigenvalue weighted by atomic mass is 16.3. The lowest BCUT2D eigenvalue weighted by atomic mass is 9.98. The van der Waals surface area contributed by atoms with Gasteiger partial charge >= 0.3 is 0 Å². The van der Waals surface area contributed by atoms with Gasteiger partial charge in [-0.05, 0) is 29.3 Å². The molecular weight excluding hydrogens is 352 g/mol. The summed E-state index contributed by atoms with van der Waals surface area (Å²) in [5, 5.41) is 21.3. The van der Waals surface area contributed by atoms with Gasteiger partial charge in [-0.25, -0.2) is 4.98 Å². The fourth-order valence-electron chi connectivity index (χ4n) is 3.83. The number of fused-ring (bicyclic) bond motifs is 5. The number of nitrogens with zero attached hydrogens (tertiary/aromatic N) is 3. The summed E-state index contributed by atoms with van der Waals surface area (Å²) < 4.78 is 6.06. The average Bonchev–Trinajstić information content (AvgIpc) is 2.67. The maximum absolute atomic E-state index is 9.31. The van der Waals surface area contributed by atoms with Crippen LogP contribution >= 0.6 is 0 Å². The maximum atomic E-state index is 9.31. The van der Waals surface area contributed by atoms with Crippen LogP contribution in [0.1, 0.15) is 11.1 Å². The predicted molar refractivity (Wildman–Crippen MR) is 108 cm³/mol. The quantitative estimate of drug-likeness (QED) is 0.283. The van der Waals surface area contributed by atoms with Gasteiger partial charge in [0.05, 0.1) is 22.1 Å². The Labute approximate surface area is 158 Å². The molecule has 0 unspecified atom stereocenters. The minimum atomic E-state index is -0.234. The smallest absolute Gasteiger partial charge is 0.231 e. The van der Waals surface area contributed by atoms with Crippen molar-refractivity contribution in [2.75, 3.05) is 11.5 Å². The minimum absolute atomic E-state index is 0.0128. The van der Waals surface area contributed by atoms with Crippen molar-refractivity contribution >= 4 is 55.2 Å². The van der Waals surface area contributed by atoms with Crippen molar-refractivity contribution in [3.8, 4) is 6.07 Å². The van der Waals surface area contributed by atoms with Crippen molar-refractivity contribution in [2.45, 2.75) is 6.92 Å². The Bertz CT molecular complexity index is 1580. The van der Waals surface area contributed by atoms with Gasteiger partial charge in [0.1, 0.15) is 17.2 Å². The molecule has 0 saturated carbocycles. The monoisotopic (exact) mass is 366 g/mol. The Hall–Kier alpha value is -4.18. The Morgan fingerprint density at radius 3 is 2.57 bits per heavy atom. The summed E-state index contributed by atoms with van der Waals surface area (Å²) in [4.78, 5) is 8.55. The van der Waals surface area contributed by atoms with Crippen LogP contribution in [0.5, 0.6) is 0 Å². The molecule has 0 aliphatic carbocycles. The largest absolute Gasteiger partial charge is 0.438 e. The third-order valence-electron chi connectivity index (χ3n) is 5.14. The normalized spacial score (nSPS) is 11.4. The molecule has 28 heavy (non-hydrogen) atoms. The number of hydrogen-bond acceptors (Lipinski definition) is 7. The average molecular weight is 366 g/mol. The van der Waals surface area contributed by atoms with E-state index < -0.39 is 0 Å². The first-order chi connectivity index (χ1) is 13.5. The highest BCUT2D eigenvalue weighted by Gasteiger charge is 2.19. The van der Waals surface area contributed by atoms with E-state index in [4.69, 9.17) is 21.3 Å². The summed E-state index contributed by atoms with van der Waals surface area (Å²) in [6, 6.07) is 13.9. The third kappa shape index (κ3) is 1.94. The molecule has 0 atom stereocenters. The lowest BCUT2D eigenvalue weighted by Gasteiger charge is -2.13. The van der Waals surface area contributed by atoms with Crippen molar-refractivity contribution in [2.24, 2.45) is 0 Å². The number of rotatable bonds is 0. The molecule has 0 amide bonds. The van der Waals surface area contributed by atoms with Gasteiger partial charge in [0.2, 0.25) is 5.71 Å². The highest BCUT2D eigenvalue weighted by molar-refractivity contribution is 6.16. The molecule has 0 fully saturated rings. The zero-order valence-electron chi connectivity index (χ0n) is 14.9. The lowest BCUT2D eigenvalue weighted by Crippen LogP contribution is -2.15. The van der Waals surface area contributed by atoms with Crippen molar-refractivity contribution < 1.29 is 4.42 Å². The maximum Gasteiger partial charge on any atom is 0.231 e. The Morgan fingerprint density at radius 1 is 1.00 bits per heavy atom. The Morgan fingerprint density at radius 2 is 1.79 bits per heavy atom. The fourth-order valence-corrected chi connectivity index (χ4v) is 3.83. The molecule has 5 rings (SSSR count). The second-order valence-electron chi connectivity index (χ2n) is 6.65. The van der Waals surface area contributed by atoms with Gasteiger partial charge in [-0.3, -0.25) is 5.41 Å². The van der Waals surface area contributed by atoms with Crippen LogP contribution in [0.15, 0.2) is 40.8 Å². The number of hydrogen-bond donors (Lipinski definition) is 3. The minimum Gasteiger partial charge on any atom is -0.438 e. The van der Waals surface area contributed by atoms with Crippen LogP contribution < -0.4 is 17.0 Å². The molecule has 3 heterocycles. The molecular formula is C21H14N6O. The van der Waals surface area contributed by atoms with Crippen molar-refractivity contribution in [3.05, 3.63) is 53.0 Å². The first-order valence-corrected chi connectivity index (χ1v) is 8.59. The van der Waals surface area contributed by atoms with Crippen LogP contribution in [0, 0.1) is 23.7 Å². The molecule has 0 aliphatic rings. The standard InChI is InChI=1S/C21H14N6O/c1-9-14-11-5-3-2-4-10(11)6-7-13(14)28-21-15(9)18(24)16-17(23)12(8-22)19(25)26-20(16)27-21/h2-7,25H,23-24H2,1H3. The van der Waals surface area contributed by atoms with Crippen molar-refractivity contribution in [1.82, 2.24) is 9.97 Å². The molecule has 2 aromatic carbocycles. The highest BCUT2D eigenvalue weighted by Crippen LogP contribution is 2.38. The first kappa shape index (κ1) is 16.0. The van der Waals surface area contributed by atoms with Gasteiger partial charge in [0, 0.05) is 5.39 Å². The summed E-state index contributed by atoms with van der Waals surface area (Å²) in [7, 11) is 0. The number of pyridine rings is 2. The number of nitrogens with one attached hydrogen (secondary N) is 1. The number of benzene rings is 2. The van der Waals surface area contributed by atoms with Gasteiger partial charge in [-0.1, -0.05) is 30.3 Å². The summed E-state index contributed by atoms with van der Waals surface area (Å²) in [6.07, 6.45) is 0. The van der Waals surface area contributed by atoms with Crippen LogP contribution in [-0.4, -0.2) is 9.97 Å². The molecule has 7 heteroatoms. The van der Waals surface area contributed by atoms with E-state index in [1.165, 1.54) is 0 Å². The van der Waals surface area contributed by atoms with E-state index in [0.717, 1.165) is 21.7 Å². The van der Waals surface area contributed by atoms with Crippen LogP contribution in [0.4, 0.5) is 11.4 Å². The first-order valence-electron chi connectivity index (χ1n) is 8.59. The van der Waals surface area contributed by atoms with Crippen molar-refractivity contribution in [3.63, 3.8) is 0 Å². The van der Waals surface area contributed by atoms with E-state index >= 15 is 0 Å². The molecule has 0 spiro atoms. The second-order valence-corrected chi connectivity index (χ2v) is 6.65. The molecule has 0 saturated heterocycles. The summed E-state index contributed by atoms with van der Waals surface area (Å²) >= 11 is 0. The van der Waals surface area contributed by atoms with E-state index in [9.17, 15) is 5.26 Å². The van der Waals surface area contributed by atoms with Gasteiger partial charge < -0.3 is 15.9 Å². The second kappa shape index (κ2) is 5.41. The van der Waals surface area contributed by atoms with E-state index in [1.807, 2.05) is 49.4 Å². The zero-order chi connectivity index (χ0) is 19.6. The summed E-state index contributed by atoms with van der Waals surface area (Å²) in [5.74, 6) is 0. The molecule has 5 N–H and O–H groups in total. The third-order valence-corrected chi connectivity index (χ3v) is 5.14. The Balaban J connectivity index is 2.07. The number of nitrogen functional groups attached to an aromatic ring is 2. The number of aromatic nitrogens is 2. The van der Waals surface area contributed by atoms with E-state index in [-0.39, 0.29) is 22.4 Å². The van der Waals surface area contributed by atoms with Crippen LogP contribution in [0.25, 0.3) is 43.9 Å². The van der Waals surface area contributed by atoms with Crippen LogP contribution in [-0.2, 0) is 0 Å². The molecule has 5 aromatic rings. The number of nitrogens with two attached hydrogens (primary N) is 2. The fraction of sp³-hybridized carbons (Fsp3) is 0.0476. The molecule has 0 aliphatic heterocycles. The van der Waals surface area contributed by atoms with Gasteiger partial charge in [0.25, 0.3) is 0 Å². The van der Waals surface area contributed by atoms with E-state index in [2.05, 4.69) is 9.97 Å². The zero-order valence-corrected chi connectivity index (χ0v) is 14.9. The number of aryl methyl sites for hydroxylation is 1. The molecule has 134 valence electrons. The number of nitriles is 1. The topological polar surface area (TPSA) is 139 Å². The van der Waals surface area contributed by atoms with Crippen molar-refractivity contribution in [1.29, 1.82) is 10.7 Å². The summed E-state index contributed by atoms with van der Waals surface area (Å²) in [6.45, 7) is 1.96. The Kier molecular flexibility index (Phi) is 3.10. The van der Waals surface area contributed by atoms with E-state index in [0.29, 0.717) is 27.8 Å². The molecule has 3 aromatic heterocycles. The predicted octanol–water partition coefficient (Wildman–Crippen LogP) is 3.51. The molecule has 7 nitrogen and oxygen atoms in total. The van der Waals surface area contributed by atoms with Crippen LogP contribution in [0.3, 0.4) is 0 Å². The van der Waals surface area contributed by atoms with Crippen LogP contribution in [0.2, 0.25) is 0 Å². The summed E-state index contributed by atoms with van der Waals surface area (Å²) in [5.41, 5.74) is 14.9. The number of anilines is 2. The van der Waals surface area contributed by atoms with E-state index in [1.54, 1.807) is 0 Å². The molecule has 0 bridgehead atoms. The van der Waals surface area contributed by atoms with Gasteiger partial charge in [-0.2, -0.15) is 10.2 Å². The van der Waals surface area contributed by atoms with Gasteiger partial charge in [-0.15, -0.1) is 0 Å². The molecule has 0 radical (unpaired) electrons. The van der Waals surface area contributed by atoms with Gasteiger partial charge in [0.15, 0.2) is 11.1 Å². The SMILES string of the molecule is Cc1c2c(N)c3c(N)c(C#N)c(=N)nc3nc2oc2ccc3ccccc3c12.